The zero-order valence-corrected chi connectivity index (χ0v) is 21.4. The van der Waals surface area contributed by atoms with Gasteiger partial charge in [-0.1, -0.05) is 19.1 Å². The number of carbonyl (C=O) groups excluding carboxylic acids is 2. The average molecular weight is 509 g/mol. The summed E-state index contributed by atoms with van der Waals surface area (Å²) in [7, 11) is 4.47. The molecule has 2 heterocycles. The second-order valence-electron chi connectivity index (χ2n) is 8.98. The third-order valence-corrected chi connectivity index (χ3v) is 7.80. The van der Waals surface area contributed by atoms with Crippen molar-refractivity contribution >= 4 is 28.2 Å². The maximum Gasteiger partial charge on any atom is 0.343 e. The van der Waals surface area contributed by atoms with Crippen molar-refractivity contribution < 1.29 is 28.5 Å². The topological polar surface area (TPSA) is 95.1 Å². The van der Waals surface area contributed by atoms with Crippen LogP contribution in [0.4, 0.5) is 5.00 Å². The molecule has 2 atom stereocenters. The van der Waals surface area contributed by atoms with Gasteiger partial charge in [0.05, 0.1) is 32.5 Å². The van der Waals surface area contributed by atoms with Gasteiger partial charge < -0.3 is 29.6 Å². The van der Waals surface area contributed by atoms with Crippen molar-refractivity contribution in [3.8, 4) is 23.0 Å². The molecule has 0 saturated heterocycles. The summed E-state index contributed by atoms with van der Waals surface area (Å²) in [4.78, 5) is 27.1. The van der Waals surface area contributed by atoms with Crippen molar-refractivity contribution in [1.29, 1.82) is 0 Å². The number of hydrogen-bond donors (Lipinski definition) is 2. The number of amides is 1. The first-order chi connectivity index (χ1) is 17.4. The summed E-state index contributed by atoms with van der Waals surface area (Å²) in [6.45, 7) is 2.26. The van der Waals surface area contributed by atoms with E-state index in [9.17, 15) is 9.59 Å². The number of ether oxygens (including phenoxy) is 4. The molecule has 2 aliphatic rings. The van der Waals surface area contributed by atoms with E-state index in [2.05, 4.69) is 17.6 Å². The number of hydrogen-bond acceptors (Lipinski definition) is 8. The number of benzene rings is 2. The lowest BCUT2D eigenvalue weighted by atomic mass is 9.88. The van der Waals surface area contributed by atoms with Crippen LogP contribution < -0.4 is 29.6 Å². The van der Waals surface area contributed by atoms with Crippen LogP contribution in [0.3, 0.4) is 0 Å². The number of thiophene rings is 1. The fourth-order valence-electron chi connectivity index (χ4n) is 4.72. The molecule has 1 amide bonds. The standard InChI is InChI=1S/C27H28N2O6S/c1-14-5-10-18-21(11-14)36-26-22(18)25(30)28-24(29-26)15-6-8-17(9-7-15)35-27(31)16-12-19(32-2)23(34-4)20(13-16)33-3/h6-9,12-14,24,29H,5,10-11H2,1-4H3,(H,28,30). The first-order valence-electron chi connectivity index (χ1n) is 11.8. The van der Waals surface area contributed by atoms with Gasteiger partial charge in [-0.3, -0.25) is 4.79 Å². The Hall–Kier alpha value is -3.72. The van der Waals surface area contributed by atoms with Gasteiger partial charge in [0.25, 0.3) is 5.91 Å². The van der Waals surface area contributed by atoms with Crippen LogP contribution in [0.1, 0.15) is 56.2 Å². The Labute approximate surface area is 213 Å². The lowest BCUT2D eigenvalue weighted by Crippen LogP contribution is -2.38. The number of esters is 1. The molecule has 2 aromatic carbocycles. The lowest BCUT2D eigenvalue weighted by Gasteiger charge is -2.27. The molecule has 1 aliphatic heterocycles. The van der Waals surface area contributed by atoms with Crippen molar-refractivity contribution in [2.75, 3.05) is 26.6 Å². The van der Waals surface area contributed by atoms with Gasteiger partial charge in [-0.05, 0) is 60.6 Å². The van der Waals surface area contributed by atoms with Gasteiger partial charge in [0.2, 0.25) is 5.75 Å². The molecule has 1 aromatic heterocycles. The molecule has 3 aromatic rings. The summed E-state index contributed by atoms with van der Waals surface area (Å²) in [6.07, 6.45) is 2.73. The molecule has 5 rings (SSSR count). The van der Waals surface area contributed by atoms with Crippen molar-refractivity contribution in [3.63, 3.8) is 0 Å². The highest BCUT2D eigenvalue weighted by Crippen LogP contribution is 2.43. The molecule has 36 heavy (non-hydrogen) atoms. The summed E-state index contributed by atoms with van der Waals surface area (Å²) >= 11 is 1.69. The summed E-state index contributed by atoms with van der Waals surface area (Å²) in [5, 5.41) is 7.48. The van der Waals surface area contributed by atoms with Gasteiger partial charge in [0, 0.05) is 4.88 Å². The van der Waals surface area contributed by atoms with Crippen LogP contribution in [-0.2, 0) is 12.8 Å². The van der Waals surface area contributed by atoms with Crippen molar-refractivity contribution in [3.05, 3.63) is 63.5 Å². The first kappa shape index (κ1) is 24.0. The van der Waals surface area contributed by atoms with Crippen LogP contribution in [0.2, 0.25) is 0 Å². The van der Waals surface area contributed by atoms with E-state index in [4.69, 9.17) is 18.9 Å². The summed E-state index contributed by atoms with van der Waals surface area (Å²) < 4.78 is 21.5. The molecular weight excluding hydrogens is 480 g/mol. The lowest BCUT2D eigenvalue weighted by molar-refractivity contribution is 0.0733. The molecule has 0 fully saturated rings. The van der Waals surface area contributed by atoms with E-state index in [1.807, 2.05) is 12.1 Å². The largest absolute Gasteiger partial charge is 0.493 e. The Bertz CT molecular complexity index is 1290. The van der Waals surface area contributed by atoms with Crippen LogP contribution in [0.25, 0.3) is 0 Å². The second-order valence-corrected chi connectivity index (χ2v) is 10.1. The van der Waals surface area contributed by atoms with Crippen molar-refractivity contribution in [1.82, 2.24) is 5.32 Å². The van der Waals surface area contributed by atoms with Gasteiger partial charge in [-0.2, -0.15) is 0 Å². The zero-order valence-electron chi connectivity index (χ0n) is 20.6. The Morgan fingerprint density at radius 3 is 2.33 bits per heavy atom. The Morgan fingerprint density at radius 2 is 1.69 bits per heavy atom. The molecule has 188 valence electrons. The highest BCUT2D eigenvalue weighted by Gasteiger charge is 2.33. The highest BCUT2D eigenvalue weighted by atomic mass is 32.1. The molecule has 2 unspecified atom stereocenters. The predicted octanol–water partition coefficient (Wildman–Crippen LogP) is 4.97. The van der Waals surface area contributed by atoms with Gasteiger partial charge in [-0.25, -0.2) is 4.79 Å². The van der Waals surface area contributed by atoms with E-state index in [1.54, 1.807) is 35.6 Å². The molecule has 9 heteroatoms. The Balaban J connectivity index is 1.31. The minimum absolute atomic E-state index is 0.0429. The van der Waals surface area contributed by atoms with E-state index in [0.29, 0.717) is 28.9 Å². The molecule has 0 saturated carbocycles. The molecule has 0 spiro atoms. The van der Waals surface area contributed by atoms with Crippen molar-refractivity contribution in [2.45, 2.75) is 32.4 Å². The third kappa shape index (κ3) is 4.35. The molecule has 8 nitrogen and oxygen atoms in total. The molecular formula is C27H28N2O6S. The number of fused-ring (bicyclic) bond motifs is 3. The normalized spacial score (nSPS) is 18.3. The average Bonchev–Trinajstić information content (AvgIpc) is 3.25. The maximum atomic E-state index is 13.0. The number of nitrogens with one attached hydrogen (secondary N) is 2. The van der Waals surface area contributed by atoms with Crippen LogP contribution >= 0.6 is 11.3 Å². The summed E-state index contributed by atoms with van der Waals surface area (Å²) in [5.41, 5.74) is 3.12. The van der Waals surface area contributed by atoms with E-state index in [0.717, 1.165) is 35.4 Å². The van der Waals surface area contributed by atoms with Crippen LogP contribution in [-0.4, -0.2) is 33.2 Å². The highest BCUT2D eigenvalue weighted by molar-refractivity contribution is 7.16. The van der Waals surface area contributed by atoms with E-state index < -0.39 is 5.97 Å². The predicted molar refractivity (Wildman–Crippen MR) is 137 cm³/mol. The summed E-state index contributed by atoms with van der Waals surface area (Å²) in [5.74, 6) is 1.54. The molecule has 0 radical (unpaired) electrons. The van der Waals surface area contributed by atoms with Crippen LogP contribution in [0, 0.1) is 5.92 Å². The monoisotopic (exact) mass is 508 g/mol. The zero-order chi connectivity index (χ0) is 25.4. The van der Waals surface area contributed by atoms with E-state index >= 15 is 0 Å². The van der Waals surface area contributed by atoms with Gasteiger partial charge in [0.1, 0.15) is 16.9 Å². The SMILES string of the molecule is COc1cc(C(=O)Oc2ccc(C3NC(=O)c4c(sc5c4CCC(C)C5)N3)cc2)cc(OC)c1OC. The second kappa shape index (κ2) is 9.73. The Morgan fingerprint density at radius 1 is 1.00 bits per heavy atom. The van der Waals surface area contributed by atoms with Gasteiger partial charge >= 0.3 is 5.97 Å². The van der Waals surface area contributed by atoms with Crippen LogP contribution in [0.5, 0.6) is 23.0 Å². The fraction of sp³-hybridized carbons (Fsp3) is 0.333. The quantitative estimate of drug-likeness (QED) is 0.358. The smallest absolute Gasteiger partial charge is 0.343 e. The number of rotatable bonds is 6. The number of anilines is 1. The first-order valence-corrected chi connectivity index (χ1v) is 12.6. The van der Waals surface area contributed by atoms with Crippen molar-refractivity contribution in [2.24, 2.45) is 5.92 Å². The number of methoxy groups -OCH3 is 3. The fourth-order valence-corrected chi connectivity index (χ4v) is 6.16. The molecule has 2 N–H and O–H groups in total. The molecule has 1 aliphatic carbocycles. The van der Waals surface area contributed by atoms with Gasteiger partial charge in [-0.15, -0.1) is 11.3 Å². The van der Waals surface area contributed by atoms with E-state index in [-0.39, 0.29) is 17.6 Å². The van der Waals surface area contributed by atoms with Crippen LogP contribution in [0.15, 0.2) is 36.4 Å². The Kier molecular flexibility index (Phi) is 6.49. The summed E-state index contributed by atoms with van der Waals surface area (Å²) in [6, 6.07) is 10.1. The number of carbonyl (C=O) groups is 2. The van der Waals surface area contributed by atoms with E-state index in [1.165, 1.54) is 31.8 Å². The maximum absolute atomic E-state index is 13.0. The third-order valence-electron chi connectivity index (χ3n) is 6.61. The van der Waals surface area contributed by atoms with Gasteiger partial charge in [0.15, 0.2) is 11.5 Å². The minimum Gasteiger partial charge on any atom is -0.493 e. The molecule has 0 bridgehead atoms. The minimum atomic E-state index is -0.561.